The molecule has 4 atom stereocenters. The monoisotopic (exact) mass is 355 g/mol. The zero-order valence-electron chi connectivity index (χ0n) is 13.9. The van der Waals surface area contributed by atoms with Gasteiger partial charge in [-0.2, -0.15) is 0 Å². The zero-order valence-corrected chi connectivity index (χ0v) is 14.9. The first-order valence-electron chi connectivity index (χ1n) is 8.41. The molecule has 1 aromatic carbocycles. The van der Waals surface area contributed by atoms with E-state index in [1.807, 2.05) is 6.07 Å². The van der Waals surface area contributed by atoms with Gasteiger partial charge in [-0.05, 0) is 30.5 Å². The summed E-state index contributed by atoms with van der Waals surface area (Å²) < 4.78 is 17.4. The smallest absolute Gasteiger partial charge is 0.335 e. The third-order valence-electron chi connectivity index (χ3n) is 4.41. The van der Waals surface area contributed by atoms with Crippen molar-refractivity contribution < 1.29 is 24.1 Å². The van der Waals surface area contributed by atoms with E-state index in [1.54, 1.807) is 18.2 Å². The van der Waals surface area contributed by atoms with Crippen molar-refractivity contribution in [1.29, 1.82) is 0 Å². The SMILES string of the molecule is CCCCC([C@H]1CN[C@H](Cc2cccc(C(=O)O)c2)CO1)[PH](=O)O. The normalized spacial score (nSPS) is 23.6. The van der Waals surface area contributed by atoms with E-state index in [0.29, 0.717) is 26.0 Å². The van der Waals surface area contributed by atoms with Crippen molar-refractivity contribution in [2.75, 3.05) is 13.2 Å². The van der Waals surface area contributed by atoms with Crippen LogP contribution in [0.15, 0.2) is 24.3 Å². The third-order valence-corrected chi connectivity index (χ3v) is 5.70. The molecule has 1 saturated heterocycles. The van der Waals surface area contributed by atoms with Gasteiger partial charge in [-0.25, -0.2) is 4.79 Å². The highest BCUT2D eigenvalue weighted by atomic mass is 31.1. The van der Waals surface area contributed by atoms with Gasteiger partial charge in [-0.3, -0.25) is 4.57 Å². The second-order valence-corrected chi connectivity index (χ2v) is 7.69. The number of carboxylic acid groups (broad SMARTS) is 1. The van der Waals surface area contributed by atoms with E-state index >= 15 is 0 Å². The molecule has 2 unspecified atom stereocenters. The quantitative estimate of drug-likeness (QED) is 0.620. The molecule has 0 aliphatic carbocycles. The molecule has 0 aromatic heterocycles. The maximum Gasteiger partial charge on any atom is 0.335 e. The molecule has 3 N–H and O–H groups in total. The van der Waals surface area contributed by atoms with Crippen LogP contribution in [0.3, 0.4) is 0 Å². The lowest BCUT2D eigenvalue weighted by Crippen LogP contribution is -2.50. The Morgan fingerprint density at radius 3 is 2.88 bits per heavy atom. The molecular formula is C17H26NO5P. The second kappa shape index (κ2) is 9.33. The lowest BCUT2D eigenvalue weighted by molar-refractivity contribution is -0.0000402. The van der Waals surface area contributed by atoms with Crippen LogP contribution in [-0.2, 0) is 15.7 Å². The van der Waals surface area contributed by atoms with Crippen molar-refractivity contribution in [3.8, 4) is 0 Å². The van der Waals surface area contributed by atoms with Crippen LogP contribution in [0.1, 0.15) is 42.1 Å². The number of hydrogen-bond donors (Lipinski definition) is 3. The van der Waals surface area contributed by atoms with Crippen molar-refractivity contribution in [2.24, 2.45) is 0 Å². The fraction of sp³-hybridized carbons (Fsp3) is 0.588. The summed E-state index contributed by atoms with van der Waals surface area (Å²) in [5.74, 6) is -0.934. The van der Waals surface area contributed by atoms with E-state index in [1.165, 1.54) is 0 Å². The molecule has 24 heavy (non-hydrogen) atoms. The van der Waals surface area contributed by atoms with Crippen LogP contribution in [0.4, 0.5) is 0 Å². The third kappa shape index (κ3) is 5.42. The largest absolute Gasteiger partial charge is 0.478 e. The van der Waals surface area contributed by atoms with Gasteiger partial charge < -0.3 is 20.1 Å². The molecule has 1 fully saturated rings. The van der Waals surface area contributed by atoms with Gasteiger partial charge >= 0.3 is 5.97 Å². The molecule has 0 amide bonds. The standard InChI is InChI=1S/C17H26NO5P/c1-2-3-7-16(24(21)22)15-10-18-14(11-23-15)9-12-5-4-6-13(8-12)17(19)20/h4-6,8,14-16,18,24H,2-3,7,9-11H2,1H3,(H,19,20)(H,21,22)/t14-,15-,16?/m1/s1. The number of benzene rings is 1. The Kier molecular flexibility index (Phi) is 7.43. The molecule has 0 saturated carbocycles. The lowest BCUT2D eigenvalue weighted by Gasteiger charge is -2.34. The summed E-state index contributed by atoms with van der Waals surface area (Å²) >= 11 is 0. The van der Waals surface area contributed by atoms with E-state index in [2.05, 4.69) is 12.2 Å². The second-order valence-electron chi connectivity index (χ2n) is 6.27. The minimum Gasteiger partial charge on any atom is -0.478 e. The summed E-state index contributed by atoms with van der Waals surface area (Å²) in [6.45, 7) is 3.07. The van der Waals surface area contributed by atoms with Crippen molar-refractivity contribution in [2.45, 2.75) is 50.4 Å². The van der Waals surface area contributed by atoms with Crippen LogP contribution in [0.25, 0.3) is 0 Å². The highest BCUT2D eigenvalue weighted by Gasteiger charge is 2.30. The number of aromatic carboxylic acids is 1. The van der Waals surface area contributed by atoms with Crippen LogP contribution >= 0.6 is 8.03 Å². The minimum atomic E-state index is -2.62. The van der Waals surface area contributed by atoms with E-state index in [0.717, 1.165) is 18.4 Å². The van der Waals surface area contributed by atoms with Crippen molar-refractivity contribution in [1.82, 2.24) is 5.32 Å². The van der Waals surface area contributed by atoms with E-state index in [-0.39, 0.29) is 23.4 Å². The van der Waals surface area contributed by atoms with E-state index < -0.39 is 14.0 Å². The van der Waals surface area contributed by atoms with Crippen molar-refractivity contribution in [3.63, 3.8) is 0 Å². The number of morpholine rings is 1. The molecule has 6 nitrogen and oxygen atoms in total. The van der Waals surface area contributed by atoms with Gasteiger partial charge in [-0.15, -0.1) is 0 Å². The summed E-state index contributed by atoms with van der Waals surface area (Å²) in [5.41, 5.74) is 0.923. The predicted octanol–water partition coefficient (Wildman–Crippen LogP) is 2.31. The van der Waals surface area contributed by atoms with Crippen LogP contribution in [0.5, 0.6) is 0 Å². The summed E-state index contributed by atoms with van der Waals surface area (Å²) in [5, 5.41) is 12.4. The highest BCUT2D eigenvalue weighted by Crippen LogP contribution is 2.32. The molecule has 134 valence electrons. The first-order chi connectivity index (χ1) is 11.5. The first kappa shape index (κ1) is 19.1. The Hall–Kier alpha value is -1.20. The molecule has 0 bridgehead atoms. The van der Waals surface area contributed by atoms with Gasteiger partial charge in [0.25, 0.3) is 0 Å². The summed E-state index contributed by atoms with van der Waals surface area (Å²) in [6, 6.07) is 6.97. The Balaban J connectivity index is 1.89. The zero-order chi connectivity index (χ0) is 17.5. The van der Waals surface area contributed by atoms with Gasteiger partial charge in [0.05, 0.1) is 23.9 Å². The Labute approximate surface area is 143 Å². The fourth-order valence-corrected chi connectivity index (χ4v) is 4.02. The van der Waals surface area contributed by atoms with Gasteiger partial charge in [0.1, 0.15) is 0 Å². The maximum absolute atomic E-state index is 11.6. The van der Waals surface area contributed by atoms with Crippen LogP contribution in [0, 0.1) is 0 Å². The summed E-state index contributed by atoms with van der Waals surface area (Å²) in [4.78, 5) is 20.6. The van der Waals surface area contributed by atoms with Crippen LogP contribution in [0.2, 0.25) is 0 Å². The maximum atomic E-state index is 11.6. The summed E-state index contributed by atoms with van der Waals surface area (Å²) in [7, 11) is -2.62. The minimum absolute atomic E-state index is 0.0816. The molecule has 1 aliphatic heterocycles. The molecule has 1 heterocycles. The molecule has 0 radical (unpaired) electrons. The molecule has 0 spiro atoms. The predicted molar refractivity (Wildman–Crippen MR) is 93.2 cm³/mol. The topological polar surface area (TPSA) is 95.9 Å². The molecule has 1 aliphatic rings. The Bertz CT molecular complexity index is 572. The number of nitrogens with one attached hydrogen (secondary N) is 1. The molecular weight excluding hydrogens is 329 g/mol. The average molecular weight is 355 g/mol. The number of carboxylic acids is 1. The Morgan fingerprint density at radius 1 is 1.50 bits per heavy atom. The Morgan fingerprint density at radius 2 is 2.29 bits per heavy atom. The highest BCUT2D eigenvalue weighted by molar-refractivity contribution is 7.39. The number of rotatable bonds is 8. The number of carbonyl (C=O) groups is 1. The van der Waals surface area contributed by atoms with Crippen molar-refractivity contribution in [3.05, 3.63) is 35.4 Å². The fourth-order valence-electron chi connectivity index (χ4n) is 3.04. The van der Waals surface area contributed by atoms with Gasteiger partial charge in [0, 0.05) is 12.6 Å². The molecule has 2 rings (SSSR count). The number of ether oxygens (including phenoxy) is 1. The van der Waals surface area contributed by atoms with E-state index in [4.69, 9.17) is 9.84 Å². The number of hydrogen-bond acceptors (Lipinski definition) is 4. The van der Waals surface area contributed by atoms with Crippen molar-refractivity contribution >= 4 is 14.0 Å². The molecule has 7 heteroatoms. The molecule has 1 aromatic rings. The number of unbranched alkanes of at least 4 members (excludes halogenated alkanes) is 1. The lowest BCUT2D eigenvalue weighted by atomic mass is 10.0. The van der Waals surface area contributed by atoms with Gasteiger partial charge in [-0.1, -0.05) is 31.9 Å². The van der Waals surface area contributed by atoms with Crippen LogP contribution in [-0.4, -0.2) is 46.9 Å². The average Bonchev–Trinajstić information content (AvgIpc) is 2.56. The van der Waals surface area contributed by atoms with Gasteiger partial charge in [0.15, 0.2) is 8.03 Å². The van der Waals surface area contributed by atoms with Gasteiger partial charge in [0.2, 0.25) is 0 Å². The van der Waals surface area contributed by atoms with Crippen LogP contribution < -0.4 is 5.32 Å². The summed E-state index contributed by atoms with van der Waals surface area (Å²) in [6.07, 6.45) is 3.07. The first-order valence-corrected chi connectivity index (χ1v) is 9.84. The van der Waals surface area contributed by atoms with E-state index in [9.17, 15) is 14.3 Å².